The molecule has 0 aromatic heterocycles. The van der Waals surface area contributed by atoms with Crippen LogP contribution in [0, 0.1) is 5.82 Å². The molecule has 2 aromatic rings. The third-order valence-corrected chi connectivity index (χ3v) is 6.76. The number of amides is 2. The fourth-order valence-electron chi connectivity index (χ4n) is 5.21. The molecule has 188 valence electrons. The summed E-state index contributed by atoms with van der Waals surface area (Å²) in [4.78, 5) is 28.2. The SMILES string of the molecule is COCc1ccc2c(c1)CCN(C(=O)OC(C)(C)C)[C@@H]2C(=O)Nc1cc(F)c2c(c1)CCC2(C)C. The van der Waals surface area contributed by atoms with Crippen LogP contribution >= 0.6 is 0 Å². The van der Waals surface area contributed by atoms with Gasteiger partial charge in [-0.3, -0.25) is 9.69 Å². The van der Waals surface area contributed by atoms with Crippen molar-refractivity contribution in [1.29, 1.82) is 0 Å². The maximum atomic E-state index is 15.0. The lowest BCUT2D eigenvalue weighted by molar-refractivity contribution is -0.121. The molecule has 0 fully saturated rings. The number of carbonyl (C=O) groups is 2. The zero-order chi connectivity index (χ0) is 25.5. The normalized spacial score (nSPS) is 18.6. The zero-order valence-corrected chi connectivity index (χ0v) is 21.5. The second kappa shape index (κ2) is 9.26. The third kappa shape index (κ3) is 5.20. The van der Waals surface area contributed by atoms with E-state index in [0.717, 1.165) is 40.7 Å². The summed E-state index contributed by atoms with van der Waals surface area (Å²) >= 11 is 0. The highest BCUT2D eigenvalue weighted by Gasteiger charge is 2.39. The molecule has 6 nitrogen and oxygen atoms in total. The molecule has 0 radical (unpaired) electrons. The summed E-state index contributed by atoms with van der Waals surface area (Å²) in [6.45, 7) is 10.3. The Morgan fingerprint density at radius 1 is 1.14 bits per heavy atom. The van der Waals surface area contributed by atoms with Gasteiger partial charge in [0.2, 0.25) is 0 Å². The van der Waals surface area contributed by atoms with Crippen LogP contribution in [0.1, 0.15) is 74.9 Å². The molecule has 4 rings (SSSR count). The number of nitrogens with zero attached hydrogens (tertiary/aromatic N) is 1. The molecule has 2 amide bonds. The Labute approximate surface area is 206 Å². The number of aryl methyl sites for hydroxylation is 1. The molecular weight excluding hydrogens is 447 g/mol. The van der Waals surface area contributed by atoms with Gasteiger partial charge in [-0.1, -0.05) is 32.0 Å². The van der Waals surface area contributed by atoms with E-state index in [1.165, 1.54) is 11.0 Å². The Kier molecular flexibility index (Phi) is 6.66. The molecule has 0 spiro atoms. The Balaban J connectivity index is 1.67. The fourth-order valence-corrected chi connectivity index (χ4v) is 5.21. The molecular formula is C28H35FN2O4. The minimum absolute atomic E-state index is 0.225. The number of rotatable bonds is 4. The summed E-state index contributed by atoms with van der Waals surface area (Å²) in [6, 6.07) is 8.14. The number of ether oxygens (including phenoxy) is 2. The Morgan fingerprint density at radius 3 is 2.57 bits per heavy atom. The van der Waals surface area contributed by atoms with Crippen molar-refractivity contribution >= 4 is 17.7 Å². The van der Waals surface area contributed by atoms with Crippen molar-refractivity contribution in [3.05, 3.63) is 64.0 Å². The average Bonchev–Trinajstić information content (AvgIpc) is 3.06. The second-order valence-corrected chi connectivity index (χ2v) is 11.2. The highest BCUT2D eigenvalue weighted by molar-refractivity contribution is 5.98. The number of hydrogen-bond donors (Lipinski definition) is 1. The van der Waals surface area contributed by atoms with Gasteiger partial charge >= 0.3 is 6.09 Å². The molecule has 7 heteroatoms. The standard InChI is InChI=1S/C28H35FN2O4/c1-27(2,3)35-26(33)31-12-10-18-13-17(16-34-6)7-8-21(18)24(31)25(32)30-20-14-19-9-11-28(4,5)23(19)22(29)15-20/h7-8,13-15,24H,9-12,16H2,1-6H3,(H,30,32)/t24-/m0/s1. The molecule has 2 aromatic carbocycles. The topological polar surface area (TPSA) is 67.9 Å². The first kappa shape index (κ1) is 25.2. The van der Waals surface area contributed by atoms with Crippen molar-refractivity contribution in [2.75, 3.05) is 19.0 Å². The highest BCUT2D eigenvalue weighted by atomic mass is 19.1. The maximum Gasteiger partial charge on any atom is 0.411 e. The van der Waals surface area contributed by atoms with Gasteiger partial charge in [0.1, 0.15) is 17.5 Å². The van der Waals surface area contributed by atoms with E-state index in [0.29, 0.717) is 25.3 Å². The number of nitrogens with one attached hydrogen (secondary N) is 1. The Morgan fingerprint density at radius 2 is 1.89 bits per heavy atom. The fraction of sp³-hybridized carbons (Fsp3) is 0.500. The summed E-state index contributed by atoms with van der Waals surface area (Å²) < 4.78 is 25.9. The van der Waals surface area contributed by atoms with Crippen LogP contribution in [0.2, 0.25) is 0 Å². The van der Waals surface area contributed by atoms with E-state index in [1.54, 1.807) is 27.9 Å². The zero-order valence-electron chi connectivity index (χ0n) is 21.5. The van der Waals surface area contributed by atoms with Crippen LogP contribution in [0.15, 0.2) is 30.3 Å². The number of hydrogen-bond acceptors (Lipinski definition) is 4. The first-order chi connectivity index (χ1) is 16.4. The molecule has 1 aliphatic heterocycles. The lowest BCUT2D eigenvalue weighted by Crippen LogP contribution is -2.47. The smallest absolute Gasteiger partial charge is 0.411 e. The summed E-state index contributed by atoms with van der Waals surface area (Å²) in [6.07, 6.45) is 1.68. The lowest BCUT2D eigenvalue weighted by atomic mass is 9.86. The lowest BCUT2D eigenvalue weighted by Gasteiger charge is -2.37. The summed E-state index contributed by atoms with van der Waals surface area (Å²) in [5.41, 5.74) is 3.84. The van der Waals surface area contributed by atoms with E-state index < -0.39 is 23.6 Å². The molecule has 1 atom stereocenters. The number of anilines is 1. The molecule has 0 unspecified atom stereocenters. The Hall–Kier alpha value is -2.93. The van der Waals surface area contributed by atoms with E-state index in [4.69, 9.17) is 9.47 Å². The summed E-state index contributed by atoms with van der Waals surface area (Å²) in [5, 5.41) is 2.88. The van der Waals surface area contributed by atoms with Crippen LogP contribution in [0.4, 0.5) is 14.9 Å². The van der Waals surface area contributed by atoms with E-state index in [-0.39, 0.29) is 11.2 Å². The first-order valence-electron chi connectivity index (χ1n) is 12.1. The van der Waals surface area contributed by atoms with Gasteiger partial charge in [0, 0.05) is 19.3 Å². The average molecular weight is 483 g/mol. The minimum atomic E-state index is -0.891. The van der Waals surface area contributed by atoms with Gasteiger partial charge in [-0.05, 0) is 85.4 Å². The molecule has 0 saturated heterocycles. The number of benzene rings is 2. The van der Waals surface area contributed by atoms with Gasteiger partial charge in [0.25, 0.3) is 5.91 Å². The van der Waals surface area contributed by atoms with Gasteiger partial charge in [-0.25, -0.2) is 9.18 Å². The Bertz CT molecular complexity index is 1150. The van der Waals surface area contributed by atoms with Crippen molar-refractivity contribution in [1.82, 2.24) is 4.90 Å². The van der Waals surface area contributed by atoms with Gasteiger partial charge in [-0.15, -0.1) is 0 Å². The summed E-state index contributed by atoms with van der Waals surface area (Å²) in [7, 11) is 1.64. The molecule has 1 aliphatic carbocycles. The molecule has 1 heterocycles. The van der Waals surface area contributed by atoms with Crippen LogP contribution in [0.25, 0.3) is 0 Å². The van der Waals surface area contributed by atoms with Gasteiger partial charge in [0.05, 0.1) is 6.61 Å². The number of methoxy groups -OCH3 is 1. The van der Waals surface area contributed by atoms with E-state index in [9.17, 15) is 9.59 Å². The van der Waals surface area contributed by atoms with Gasteiger partial charge in [-0.2, -0.15) is 0 Å². The number of carbonyl (C=O) groups excluding carboxylic acids is 2. The van der Waals surface area contributed by atoms with Crippen molar-refractivity contribution in [2.24, 2.45) is 0 Å². The largest absolute Gasteiger partial charge is 0.444 e. The maximum absolute atomic E-state index is 15.0. The van der Waals surface area contributed by atoms with Crippen LogP contribution in [0.3, 0.4) is 0 Å². The van der Waals surface area contributed by atoms with Crippen LogP contribution < -0.4 is 5.32 Å². The quantitative estimate of drug-likeness (QED) is 0.610. The molecule has 2 aliphatic rings. The minimum Gasteiger partial charge on any atom is -0.444 e. The first-order valence-corrected chi connectivity index (χ1v) is 12.1. The molecule has 0 saturated carbocycles. The van der Waals surface area contributed by atoms with Crippen LogP contribution in [-0.4, -0.2) is 36.2 Å². The highest BCUT2D eigenvalue weighted by Crippen LogP contribution is 2.41. The molecule has 35 heavy (non-hydrogen) atoms. The molecule has 0 bridgehead atoms. The van der Waals surface area contributed by atoms with E-state index >= 15 is 4.39 Å². The van der Waals surface area contributed by atoms with E-state index in [2.05, 4.69) is 5.32 Å². The van der Waals surface area contributed by atoms with Crippen molar-refractivity contribution in [3.8, 4) is 0 Å². The van der Waals surface area contributed by atoms with Crippen molar-refractivity contribution < 1.29 is 23.5 Å². The predicted octanol–water partition coefficient (Wildman–Crippen LogP) is 5.67. The number of halogens is 1. The second-order valence-electron chi connectivity index (χ2n) is 11.2. The number of fused-ring (bicyclic) bond motifs is 2. The molecule has 1 N–H and O–H groups in total. The van der Waals surface area contributed by atoms with Crippen molar-refractivity contribution in [2.45, 2.75) is 77.5 Å². The summed E-state index contributed by atoms with van der Waals surface area (Å²) in [5.74, 6) is -0.703. The van der Waals surface area contributed by atoms with Gasteiger partial charge < -0.3 is 14.8 Å². The van der Waals surface area contributed by atoms with Crippen LogP contribution in [0.5, 0.6) is 0 Å². The van der Waals surface area contributed by atoms with Gasteiger partial charge in [0.15, 0.2) is 0 Å². The van der Waals surface area contributed by atoms with Crippen molar-refractivity contribution in [3.63, 3.8) is 0 Å². The van der Waals surface area contributed by atoms with Crippen LogP contribution in [-0.2, 0) is 39.1 Å². The van der Waals surface area contributed by atoms with E-state index in [1.807, 2.05) is 38.1 Å². The monoisotopic (exact) mass is 482 g/mol. The third-order valence-electron chi connectivity index (χ3n) is 6.76. The predicted molar refractivity (Wildman–Crippen MR) is 133 cm³/mol.